The van der Waals surface area contributed by atoms with Crippen molar-refractivity contribution >= 4 is 0 Å². The minimum Gasteiger partial charge on any atom is -0.394 e. The summed E-state index contributed by atoms with van der Waals surface area (Å²) >= 11 is 0. The topological polar surface area (TPSA) is 57.2 Å². The highest BCUT2D eigenvalue weighted by Crippen LogP contribution is 2.23. The first-order valence-corrected chi connectivity index (χ1v) is 4.62. The molecule has 0 amide bonds. The highest BCUT2D eigenvalue weighted by Gasteiger charge is 2.36. The van der Waals surface area contributed by atoms with Gasteiger partial charge in [0.15, 0.2) is 5.79 Å². The molecule has 14 heavy (non-hydrogen) atoms. The van der Waals surface area contributed by atoms with Crippen molar-refractivity contribution in [2.75, 3.05) is 27.1 Å². The van der Waals surface area contributed by atoms with Crippen molar-refractivity contribution in [3.05, 3.63) is 0 Å². The first kappa shape index (κ1) is 11.9. The van der Waals surface area contributed by atoms with Gasteiger partial charge in [0.1, 0.15) is 19.0 Å². The predicted octanol–water partition coefficient (Wildman–Crippen LogP) is 0.119. The van der Waals surface area contributed by atoms with Gasteiger partial charge >= 0.3 is 0 Å². The van der Waals surface area contributed by atoms with Crippen LogP contribution in [0, 0.1) is 0 Å². The molecule has 0 unspecified atom stereocenters. The van der Waals surface area contributed by atoms with Crippen molar-refractivity contribution in [3.63, 3.8) is 0 Å². The van der Waals surface area contributed by atoms with Gasteiger partial charge in [0.25, 0.3) is 0 Å². The molecule has 0 aliphatic carbocycles. The molecule has 2 atom stereocenters. The smallest absolute Gasteiger partial charge is 0.163 e. The highest BCUT2D eigenvalue weighted by atomic mass is 16.7. The Bertz CT molecular complexity index is 171. The second-order valence-corrected chi connectivity index (χ2v) is 3.66. The summed E-state index contributed by atoms with van der Waals surface area (Å²) in [4.78, 5) is 0. The van der Waals surface area contributed by atoms with Gasteiger partial charge in [-0.2, -0.15) is 0 Å². The van der Waals surface area contributed by atoms with E-state index in [0.717, 1.165) is 0 Å². The summed E-state index contributed by atoms with van der Waals surface area (Å²) < 4.78 is 20.9. The summed E-state index contributed by atoms with van der Waals surface area (Å²) in [6, 6.07) is 0. The molecule has 0 aromatic carbocycles. The van der Waals surface area contributed by atoms with Gasteiger partial charge in [0, 0.05) is 7.11 Å². The lowest BCUT2D eigenvalue weighted by Gasteiger charge is -2.39. The molecular formula is C9H18O5. The lowest BCUT2D eigenvalue weighted by molar-refractivity contribution is -0.321. The van der Waals surface area contributed by atoms with Crippen LogP contribution in [-0.4, -0.2) is 50.2 Å². The van der Waals surface area contributed by atoms with Crippen LogP contribution < -0.4 is 0 Å². The van der Waals surface area contributed by atoms with Crippen LogP contribution in [0.4, 0.5) is 0 Å². The molecule has 0 saturated carbocycles. The van der Waals surface area contributed by atoms with Gasteiger partial charge in [0.2, 0.25) is 0 Å². The molecule has 0 spiro atoms. The van der Waals surface area contributed by atoms with Gasteiger partial charge in [-0.1, -0.05) is 0 Å². The van der Waals surface area contributed by atoms with Crippen LogP contribution in [0.1, 0.15) is 13.8 Å². The molecule has 1 N–H and O–H groups in total. The fraction of sp³-hybridized carbons (Fsp3) is 1.00. The first-order valence-electron chi connectivity index (χ1n) is 4.62. The van der Waals surface area contributed by atoms with Crippen molar-refractivity contribution in [3.8, 4) is 0 Å². The molecule has 0 aromatic heterocycles. The van der Waals surface area contributed by atoms with Gasteiger partial charge in [-0.3, -0.25) is 0 Å². The Balaban J connectivity index is 2.44. The third kappa shape index (κ3) is 3.18. The van der Waals surface area contributed by atoms with Crippen molar-refractivity contribution in [1.29, 1.82) is 0 Å². The van der Waals surface area contributed by atoms with Crippen molar-refractivity contribution < 1.29 is 24.1 Å². The first-order chi connectivity index (χ1) is 6.59. The van der Waals surface area contributed by atoms with Crippen molar-refractivity contribution in [2.45, 2.75) is 31.8 Å². The van der Waals surface area contributed by atoms with E-state index < -0.39 is 5.79 Å². The monoisotopic (exact) mass is 206 g/mol. The van der Waals surface area contributed by atoms with Crippen LogP contribution in [0.25, 0.3) is 0 Å². The number of aliphatic hydroxyl groups excluding tert-OH is 1. The summed E-state index contributed by atoms with van der Waals surface area (Å²) in [6.07, 6.45) is -0.623. The van der Waals surface area contributed by atoms with Gasteiger partial charge in [-0.15, -0.1) is 0 Å². The number of hydrogen-bond acceptors (Lipinski definition) is 5. The second kappa shape index (κ2) is 5.04. The van der Waals surface area contributed by atoms with E-state index in [0.29, 0.717) is 6.61 Å². The molecule has 1 saturated heterocycles. The summed E-state index contributed by atoms with van der Waals surface area (Å²) in [6.45, 7) is 4.11. The zero-order valence-corrected chi connectivity index (χ0v) is 8.86. The van der Waals surface area contributed by atoms with E-state index in [1.807, 2.05) is 13.8 Å². The fourth-order valence-corrected chi connectivity index (χ4v) is 1.33. The van der Waals surface area contributed by atoms with Gasteiger partial charge in [-0.05, 0) is 13.8 Å². The molecule has 84 valence electrons. The van der Waals surface area contributed by atoms with E-state index in [1.54, 1.807) is 7.11 Å². The maximum absolute atomic E-state index is 9.09. The van der Waals surface area contributed by atoms with E-state index in [2.05, 4.69) is 0 Å². The Hall–Kier alpha value is -0.200. The summed E-state index contributed by atoms with van der Waals surface area (Å²) in [5.41, 5.74) is 0. The molecule has 1 heterocycles. The van der Waals surface area contributed by atoms with Gasteiger partial charge < -0.3 is 24.1 Å². The third-order valence-electron chi connectivity index (χ3n) is 2.02. The van der Waals surface area contributed by atoms with Crippen molar-refractivity contribution in [2.24, 2.45) is 0 Å². The average molecular weight is 206 g/mol. The zero-order chi connectivity index (χ0) is 10.6. The van der Waals surface area contributed by atoms with Crippen LogP contribution in [0.2, 0.25) is 0 Å². The maximum Gasteiger partial charge on any atom is 0.163 e. The highest BCUT2D eigenvalue weighted by molar-refractivity contribution is 4.77. The standard InChI is InChI=1S/C9H18O5/c1-9(2)13-5-8(12-6-11-3)7(4-10)14-9/h7-8,10H,4-6H2,1-3H3/t7-,8-/m1/s1. The van der Waals surface area contributed by atoms with Crippen LogP contribution in [0.15, 0.2) is 0 Å². The number of aliphatic hydroxyl groups is 1. The molecule has 1 aliphatic heterocycles. The summed E-state index contributed by atoms with van der Waals surface area (Å²) in [7, 11) is 1.54. The molecule has 1 fully saturated rings. The lowest BCUT2D eigenvalue weighted by Crippen LogP contribution is -2.51. The number of methoxy groups -OCH3 is 1. The molecule has 0 radical (unpaired) electrons. The van der Waals surface area contributed by atoms with Crippen LogP contribution in [-0.2, 0) is 18.9 Å². The van der Waals surface area contributed by atoms with E-state index in [9.17, 15) is 0 Å². The third-order valence-corrected chi connectivity index (χ3v) is 2.02. The second-order valence-electron chi connectivity index (χ2n) is 3.66. The quantitative estimate of drug-likeness (QED) is 0.662. The Kier molecular flexibility index (Phi) is 4.28. The Morgan fingerprint density at radius 2 is 2.21 bits per heavy atom. The Morgan fingerprint density at radius 3 is 2.79 bits per heavy atom. The Morgan fingerprint density at radius 1 is 1.50 bits per heavy atom. The van der Waals surface area contributed by atoms with Crippen LogP contribution >= 0.6 is 0 Å². The SMILES string of the molecule is COCO[C@@H]1COC(C)(C)O[C@@H]1CO. The van der Waals surface area contributed by atoms with Crippen molar-refractivity contribution in [1.82, 2.24) is 0 Å². The average Bonchev–Trinajstić information content (AvgIpc) is 2.15. The van der Waals surface area contributed by atoms with Gasteiger partial charge in [-0.25, -0.2) is 0 Å². The number of ether oxygens (including phenoxy) is 4. The minimum absolute atomic E-state index is 0.0822. The minimum atomic E-state index is -0.652. The molecule has 5 nitrogen and oxygen atoms in total. The van der Waals surface area contributed by atoms with E-state index in [1.165, 1.54) is 0 Å². The molecule has 5 heteroatoms. The molecule has 1 rings (SSSR count). The lowest BCUT2D eigenvalue weighted by atomic mass is 10.2. The van der Waals surface area contributed by atoms with E-state index in [-0.39, 0.29) is 25.6 Å². The maximum atomic E-state index is 9.09. The number of hydrogen-bond donors (Lipinski definition) is 1. The van der Waals surface area contributed by atoms with Crippen LogP contribution in [0.5, 0.6) is 0 Å². The van der Waals surface area contributed by atoms with E-state index in [4.69, 9.17) is 24.1 Å². The predicted molar refractivity (Wildman–Crippen MR) is 48.7 cm³/mol. The van der Waals surface area contributed by atoms with Gasteiger partial charge in [0.05, 0.1) is 13.2 Å². The molecule has 0 aromatic rings. The normalized spacial score (nSPS) is 31.7. The number of rotatable bonds is 4. The largest absolute Gasteiger partial charge is 0.394 e. The Labute approximate surface area is 83.9 Å². The zero-order valence-electron chi connectivity index (χ0n) is 8.86. The fourth-order valence-electron chi connectivity index (χ4n) is 1.33. The van der Waals surface area contributed by atoms with E-state index >= 15 is 0 Å². The molecule has 1 aliphatic rings. The summed E-state index contributed by atoms with van der Waals surface area (Å²) in [5.74, 6) is -0.652. The molecule has 0 bridgehead atoms. The van der Waals surface area contributed by atoms with Crippen LogP contribution in [0.3, 0.4) is 0 Å². The summed E-state index contributed by atoms with van der Waals surface area (Å²) in [5, 5.41) is 9.09. The molecular weight excluding hydrogens is 188 g/mol.